The van der Waals surface area contributed by atoms with Gasteiger partial charge in [-0.2, -0.15) is 4.98 Å². The van der Waals surface area contributed by atoms with Gasteiger partial charge in [0, 0.05) is 43.2 Å². The largest absolute Gasteiger partial charge is 0.444 e. The zero-order chi connectivity index (χ0) is 30.3. The maximum Gasteiger partial charge on any atom is 0.410 e. The SMILES string of the molecule is CC(C)c1cc(Br)ccc1-n1c(=O)nc(N2CCN(C(=O)OC(C)(C)C)CC2C)c2cc(Cl)c(N3CCCCC3)nc21. The summed E-state index contributed by atoms with van der Waals surface area (Å²) >= 11 is 10.5. The Morgan fingerprint density at radius 1 is 1.05 bits per heavy atom. The van der Waals surface area contributed by atoms with Gasteiger partial charge in [0.05, 0.1) is 16.1 Å². The summed E-state index contributed by atoms with van der Waals surface area (Å²) < 4.78 is 8.18. The molecule has 1 unspecified atom stereocenters. The Morgan fingerprint density at radius 3 is 2.40 bits per heavy atom. The van der Waals surface area contributed by atoms with Gasteiger partial charge in [0.25, 0.3) is 0 Å². The van der Waals surface area contributed by atoms with Crippen LogP contribution in [0.15, 0.2) is 33.5 Å². The highest BCUT2D eigenvalue weighted by Gasteiger charge is 2.33. The molecule has 0 N–H and O–H groups in total. The van der Waals surface area contributed by atoms with Gasteiger partial charge in [-0.15, -0.1) is 0 Å². The number of pyridine rings is 1. The van der Waals surface area contributed by atoms with Gasteiger partial charge >= 0.3 is 11.8 Å². The monoisotopic (exact) mass is 658 g/mol. The minimum absolute atomic E-state index is 0.114. The summed E-state index contributed by atoms with van der Waals surface area (Å²) in [4.78, 5) is 42.6. The summed E-state index contributed by atoms with van der Waals surface area (Å²) in [7, 11) is 0. The van der Waals surface area contributed by atoms with Crippen LogP contribution in [-0.4, -0.2) is 69.9 Å². The smallest absolute Gasteiger partial charge is 0.410 e. The number of carbonyl (C=O) groups is 1. The van der Waals surface area contributed by atoms with E-state index in [1.165, 1.54) is 6.42 Å². The van der Waals surface area contributed by atoms with E-state index in [0.717, 1.165) is 41.7 Å². The topological polar surface area (TPSA) is 83.8 Å². The van der Waals surface area contributed by atoms with Crippen LogP contribution in [0, 0.1) is 0 Å². The standard InChI is InChI=1S/C31H40BrClN6O3/c1-19(2)22-16-21(32)10-11-25(22)39-27-23(17-24(33)28(34-27)36-12-8-7-9-13-36)26(35-29(39)40)38-15-14-37(18-20(38)3)30(41)42-31(4,5)6/h10-11,16-17,19-20H,7-9,12-15,18H2,1-6H3. The number of carbonyl (C=O) groups excluding carboxylic acids is 1. The van der Waals surface area contributed by atoms with Crippen molar-refractivity contribution in [1.29, 1.82) is 0 Å². The van der Waals surface area contributed by atoms with E-state index in [1.54, 1.807) is 9.47 Å². The number of halogens is 2. The van der Waals surface area contributed by atoms with Crippen molar-refractivity contribution in [2.75, 3.05) is 42.5 Å². The molecule has 2 saturated heterocycles. The number of amides is 1. The third-order valence-corrected chi connectivity index (χ3v) is 8.61. The molecule has 9 nitrogen and oxygen atoms in total. The number of ether oxygens (including phenoxy) is 1. The first-order valence-corrected chi connectivity index (χ1v) is 15.9. The molecule has 1 aromatic carbocycles. The molecule has 1 atom stereocenters. The van der Waals surface area contributed by atoms with Crippen molar-refractivity contribution >= 4 is 56.3 Å². The molecular weight excluding hydrogens is 620 g/mol. The van der Waals surface area contributed by atoms with Crippen LogP contribution in [0.3, 0.4) is 0 Å². The molecule has 2 fully saturated rings. The fraction of sp³-hybridized carbons (Fsp3) is 0.548. The Kier molecular flexibility index (Phi) is 8.77. The molecule has 2 aliphatic heterocycles. The van der Waals surface area contributed by atoms with E-state index in [0.29, 0.717) is 47.3 Å². The second-order valence-electron chi connectivity index (χ2n) is 12.6. The number of piperidine rings is 1. The van der Waals surface area contributed by atoms with Crippen molar-refractivity contribution in [3.63, 3.8) is 0 Å². The van der Waals surface area contributed by atoms with Crippen LogP contribution in [0.25, 0.3) is 16.7 Å². The number of nitrogens with zero attached hydrogens (tertiary/aromatic N) is 6. The van der Waals surface area contributed by atoms with Crippen molar-refractivity contribution in [1.82, 2.24) is 19.4 Å². The Bertz CT molecular complexity index is 1550. The Hall–Kier alpha value is -2.85. The molecule has 5 rings (SSSR count). The molecule has 0 bridgehead atoms. The number of anilines is 2. The maximum absolute atomic E-state index is 14.0. The fourth-order valence-electron chi connectivity index (χ4n) is 5.82. The maximum atomic E-state index is 14.0. The number of aromatic nitrogens is 3. The Labute approximate surface area is 260 Å². The number of hydrogen-bond acceptors (Lipinski definition) is 7. The number of piperazine rings is 1. The third kappa shape index (κ3) is 6.25. The molecule has 3 aromatic rings. The first-order valence-electron chi connectivity index (χ1n) is 14.8. The van der Waals surface area contributed by atoms with Gasteiger partial charge in [-0.3, -0.25) is 0 Å². The fourth-order valence-corrected chi connectivity index (χ4v) is 6.47. The van der Waals surface area contributed by atoms with Crippen molar-refractivity contribution < 1.29 is 9.53 Å². The van der Waals surface area contributed by atoms with E-state index in [1.807, 2.05) is 52.0 Å². The predicted molar refractivity (Wildman–Crippen MR) is 173 cm³/mol. The van der Waals surface area contributed by atoms with Gasteiger partial charge in [0.15, 0.2) is 5.65 Å². The van der Waals surface area contributed by atoms with Crippen LogP contribution in [0.1, 0.15) is 72.3 Å². The molecule has 4 heterocycles. The molecular formula is C31H40BrClN6O3. The summed E-state index contributed by atoms with van der Waals surface area (Å²) in [5.74, 6) is 1.39. The van der Waals surface area contributed by atoms with Crippen LogP contribution in [-0.2, 0) is 4.74 Å². The number of benzene rings is 1. The van der Waals surface area contributed by atoms with E-state index in [9.17, 15) is 9.59 Å². The van der Waals surface area contributed by atoms with Gasteiger partial charge in [-0.05, 0) is 82.7 Å². The van der Waals surface area contributed by atoms with E-state index in [2.05, 4.69) is 44.6 Å². The molecule has 1 amide bonds. The Morgan fingerprint density at radius 2 is 1.76 bits per heavy atom. The van der Waals surface area contributed by atoms with Gasteiger partial charge < -0.3 is 19.4 Å². The van der Waals surface area contributed by atoms with E-state index < -0.39 is 11.3 Å². The average Bonchev–Trinajstić information content (AvgIpc) is 2.92. The average molecular weight is 660 g/mol. The highest BCUT2D eigenvalue weighted by molar-refractivity contribution is 9.10. The molecule has 0 saturated carbocycles. The molecule has 0 radical (unpaired) electrons. The highest BCUT2D eigenvalue weighted by Crippen LogP contribution is 2.36. The minimum atomic E-state index is -0.573. The highest BCUT2D eigenvalue weighted by atomic mass is 79.9. The number of rotatable bonds is 4. The first kappa shape index (κ1) is 30.6. The summed E-state index contributed by atoms with van der Waals surface area (Å²) in [6.45, 7) is 15.0. The van der Waals surface area contributed by atoms with Crippen molar-refractivity contribution in [3.05, 3.63) is 49.8 Å². The number of hydrogen-bond donors (Lipinski definition) is 0. The lowest BCUT2D eigenvalue weighted by Gasteiger charge is -2.41. The zero-order valence-electron chi connectivity index (χ0n) is 25.3. The van der Waals surface area contributed by atoms with Crippen molar-refractivity contribution in [2.45, 2.75) is 78.4 Å². The predicted octanol–water partition coefficient (Wildman–Crippen LogP) is 6.76. The molecule has 0 aliphatic carbocycles. The summed E-state index contributed by atoms with van der Waals surface area (Å²) in [5.41, 5.74) is 1.32. The summed E-state index contributed by atoms with van der Waals surface area (Å²) in [6, 6.07) is 7.73. The quantitative estimate of drug-likeness (QED) is 0.306. The normalized spacial score (nSPS) is 18.2. The van der Waals surface area contributed by atoms with Gasteiger partial charge in [-0.1, -0.05) is 41.4 Å². The van der Waals surface area contributed by atoms with Gasteiger partial charge in [0.1, 0.15) is 17.2 Å². The van der Waals surface area contributed by atoms with Crippen LogP contribution in [0.4, 0.5) is 16.4 Å². The summed E-state index contributed by atoms with van der Waals surface area (Å²) in [6.07, 6.45) is 3.00. The first-order chi connectivity index (χ1) is 19.8. The lowest BCUT2D eigenvalue weighted by atomic mass is 10.0. The molecule has 0 spiro atoms. The minimum Gasteiger partial charge on any atom is -0.444 e. The molecule has 226 valence electrons. The van der Waals surface area contributed by atoms with Crippen molar-refractivity contribution in [2.24, 2.45) is 0 Å². The molecule has 42 heavy (non-hydrogen) atoms. The van der Waals surface area contributed by atoms with Crippen LogP contribution in [0.5, 0.6) is 0 Å². The lowest BCUT2D eigenvalue weighted by molar-refractivity contribution is 0.0218. The van der Waals surface area contributed by atoms with E-state index in [4.69, 9.17) is 21.3 Å². The Balaban J connectivity index is 1.65. The zero-order valence-corrected chi connectivity index (χ0v) is 27.6. The molecule has 2 aromatic heterocycles. The molecule has 2 aliphatic rings. The van der Waals surface area contributed by atoms with Crippen molar-refractivity contribution in [3.8, 4) is 5.69 Å². The van der Waals surface area contributed by atoms with Crippen LogP contribution >= 0.6 is 27.5 Å². The second kappa shape index (κ2) is 12.0. The van der Waals surface area contributed by atoms with E-state index >= 15 is 0 Å². The van der Waals surface area contributed by atoms with Gasteiger partial charge in [0.2, 0.25) is 0 Å². The van der Waals surface area contributed by atoms with Crippen LogP contribution in [0.2, 0.25) is 5.02 Å². The second-order valence-corrected chi connectivity index (χ2v) is 13.9. The third-order valence-electron chi connectivity index (χ3n) is 7.84. The van der Waals surface area contributed by atoms with Crippen LogP contribution < -0.4 is 15.5 Å². The molecule has 11 heteroatoms. The van der Waals surface area contributed by atoms with Gasteiger partial charge in [-0.25, -0.2) is 19.1 Å². The lowest BCUT2D eigenvalue weighted by Crippen LogP contribution is -2.55. The summed E-state index contributed by atoms with van der Waals surface area (Å²) in [5, 5.41) is 1.24. The number of fused-ring (bicyclic) bond motifs is 1. The van der Waals surface area contributed by atoms with E-state index in [-0.39, 0.29) is 18.1 Å².